The van der Waals surface area contributed by atoms with E-state index in [0.29, 0.717) is 5.92 Å². The molecule has 0 bridgehead atoms. The van der Waals surface area contributed by atoms with Gasteiger partial charge in [-0.3, -0.25) is 0 Å². The van der Waals surface area contributed by atoms with E-state index in [0.717, 1.165) is 30.4 Å². The summed E-state index contributed by atoms with van der Waals surface area (Å²) in [5.41, 5.74) is 0.621. The largest absolute Gasteiger partial charge is 0.420 e. The minimum atomic E-state index is -1.26. The number of aryl methyl sites for hydroxylation is 2. The Bertz CT molecular complexity index is 855. The first-order valence-electron chi connectivity index (χ1n) is 9.80. The maximum absolute atomic E-state index is 14.4. The van der Waals surface area contributed by atoms with Gasteiger partial charge in [-0.1, -0.05) is 44.7 Å². The second kappa shape index (κ2) is 8.80. The van der Waals surface area contributed by atoms with Gasteiger partial charge in [0.1, 0.15) is 5.82 Å². The van der Waals surface area contributed by atoms with Gasteiger partial charge in [0.05, 0.1) is 5.56 Å². The first-order chi connectivity index (χ1) is 13.3. The topological polar surface area (TPSA) is 26.3 Å². The number of ether oxygens (including phenoxy) is 1. The number of benzene rings is 2. The van der Waals surface area contributed by atoms with Crippen LogP contribution < -0.4 is 4.74 Å². The van der Waals surface area contributed by atoms with E-state index in [1.165, 1.54) is 50.8 Å². The maximum atomic E-state index is 14.4. The molecule has 0 amide bonds. The second-order valence-corrected chi connectivity index (χ2v) is 7.88. The van der Waals surface area contributed by atoms with Crippen LogP contribution in [0.1, 0.15) is 60.5 Å². The summed E-state index contributed by atoms with van der Waals surface area (Å²) in [7, 11) is 0. The zero-order chi connectivity index (χ0) is 20.3. The van der Waals surface area contributed by atoms with Crippen LogP contribution >= 0.6 is 0 Å². The standard InChI is InChI=1S/C23H25F3O2/c1-14-3-6-16(7-4-14)8-9-17-10-11-18(19(24)13-17)23(27)28-20-12-5-15(2)21(25)22(20)26/h5,10-14,16H,3-4,6-9H2,1-2H3. The van der Waals surface area contributed by atoms with Crippen molar-refractivity contribution in [3.8, 4) is 5.75 Å². The summed E-state index contributed by atoms with van der Waals surface area (Å²) >= 11 is 0. The molecule has 3 rings (SSSR count). The molecule has 0 aliphatic heterocycles. The lowest BCUT2D eigenvalue weighted by Crippen LogP contribution is -2.14. The monoisotopic (exact) mass is 390 g/mol. The van der Waals surface area contributed by atoms with E-state index in [4.69, 9.17) is 4.74 Å². The van der Waals surface area contributed by atoms with Gasteiger partial charge < -0.3 is 4.74 Å². The number of rotatable bonds is 5. The summed E-state index contributed by atoms with van der Waals surface area (Å²) in [4.78, 5) is 12.2. The van der Waals surface area contributed by atoms with Gasteiger partial charge in [0.2, 0.25) is 5.82 Å². The Morgan fingerprint density at radius 2 is 1.75 bits per heavy atom. The molecule has 0 spiro atoms. The summed E-state index contributed by atoms with van der Waals surface area (Å²) in [5, 5.41) is 0. The van der Waals surface area contributed by atoms with Crippen molar-refractivity contribution in [2.45, 2.75) is 52.4 Å². The van der Waals surface area contributed by atoms with Crippen molar-refractivity contribution in [3.63, 3.8) is 0 Å². The van der Waals surface area contributed by atoms with Crippen molar-refractivity contribution in [3.05, 3.63) is 64.5 Å². The quantitative estimate of drug-likeness (QED) is 0.437. The minimum Gasteiger partial charge on any atom is -0.420 e. The maximum Gasteiger partial charge on any atom is 0.346 e. The lowest BCUT2D eigenvalue weighted by atomic mass is 9.80. The summed E-state index contributed by atoms with van der Waals surface area (Å²) in [6, 6.07) is 6.82. The Kier molecular flexibility index (Phi) is 6.42. The number of carbonyl (C=O) groups excluding carboxylic acids is 1. The van der Waals surface area contributed by atoms with Crippen LogP contribution in [0.15, 0.2) is 30.3 Å². The predicted octanol–water partition coefficient (Wildman–Crippen LogP) is 6.39. The van der Waals surface area contributed by atoms with Crippen molar-refractivity contribution in [2.24, 2.45) is 11.8 Å². The smallest absolute Gasteiger partial charge is 0.346 e. The van der Waals surface area contributed by atoms with Gasteiger partial charge in [-0.15, -0.1) is 0 Å². The van der Waals surface area contributed by atoms with Crippen LogP contribution in [-0.2, 0) is 6.42 Å². The molecule has 1 aliphatic carbocycles. The van der Waals surface area contributed by atoms with Gasteiger partial charge in [-0.05, 0) is 60.9 Å². The Morgan fingerprint density at radius 3 is 2.43 bits per heavy atom. The third kappa shape index (κ3) is 4.75. The van der Waals surface area contributed by atoms with E-state index in [-0.39, 0.29) is 11.1 Å². The molecule has 0 aromatic heterocycles. The molecule has 2 aromatic rings. The molecule has 1 saturated carbocycles. The van der Waals surface area contributed by atoms with Gasteiger partial charge in [-0.25, -0.2) is 13.6 Å². The van der Waals surface area contributed by atoms with Gasteiger partial charge in [0.15, 0.2) is 11.6 Å². The molecule has 28 heavy (non-hydrogen) atoms. The molecule has 0 N–H and O–H groups in total. The first kappa shape index (κ1) is 20.4. The Hall–Kier alpha value is -2.30. The zero-order valence-corrected chi connectivity index (χ0v) is 16.2. The number of carbonyl (C=O) groups is 1. The Balaban J connectivity index is 1.63. The molecule has 2 aromatic carbocycles. The molecule has 5 heteroatoms. The highest BCUT2D eigenvalue weighted by molar-refractivity contribution is 5.91. The van der Waals surface area contributed by atoms with Crippen molar-refractivity contribution in [1.82, 2.24) is 0 Å². The third-order valence-corrected chi connectivity index (χ3v) is 5.67. The van der Waals surface area contributed by atoms with Crippen molar-refractivity contribution >= 4 is 5.97 Å². The van der Waals surface area contributed by atoms with Gasteiger partial charge in [0.25, 0.3) is 0 Å². The summed E-state index contributed by atoms with van der Waals surface area (Å²) in [6.07, 6.45) is 6.69. The van der Waals surface area contributed by atoms with Crippen LogP contribution in [0.3, 0.4) is 0 Å². The number of esters is 1. The van der Waals surface area contributed by atoms with E-state index in [2.05, 4.69) is 6.92 Å². The van der Waals surface area contributed by atoms with Crippen LogP contribution in [0, 0.1) is 36.2 Å². The fourth-order valence-corrected chi connectivity index (χ4v) is 3.73. The van der Waals surface area contributed by atoms with Crippen molar-refractivity contribution in [2.75, 3.05) is 0 Å². The fraction of sp³-hybridized carbons (Fsp3) is 0.435. The van der Waals surface area contributed by atoms with Crippen LogP contribution in [0.4, 0.5) is 13.2 Å². The van der Waals surface area contributed by atoms with E-state index >= 15 is 0 Å². The lowest BCUT2D eigenvalue weighted by molar-refractivity contribution is 0.0721. The Morgan fingerprint density at radius 1 is 1.04 bits per heavy atom. The molecule has 150 valence electrons. The van der Waals surface area contributed by atoms with Crippen LogP contribution in [-0.4, -0.2) is 5.97 Å². The highest BCUT2D eigenvalue weighted by Crippen LogP contribution is 2.31. The average molecular weight is 390 g/mol. The predicted molar refractivity (Wildman–Crippen MR) is 102 cm³/mol. The first-order valence-corrected chi connectivity index (χ1v) is 9.80. The number of halogens is 3. The Labute approximate surface area is 163 Å². The third-order valence-electron chi connectivity index (χ3n) is 5.67. The van der Waals surface area contributed by atoms with Gasteiger partial charge in [-0.2, -0.15) is 4.39 Å². The van der Waals surface area contributed by atoms with E-state index in [1.54, 1.807) is 6.07 Å². The van der Waals surface area contributed by atoms with Crippen LogP contribution in [0.2, 0.25) is 0 Å². The van der Waals surface area contributed by atoms with Crippen LogP contribution in [0.25, 0.3) is 0 Å². The van der Waals surface area contributed by atoms with Gasteiger partial charge in [0, 0.05) is 0 Å². The van der Waals surface area contributed by atoms with Crippen molar-refractivity contribution < 1.29 is 22.7 Å². The second-order valence-electron chi connectivity index (χ2n) is 7.88. The molecule has 2 nitrogen and oxygen atoms in total. The minimum absolute atomic E-state index is 0.0975. The molecular weight excluding hydrogens is 365 g/mol. The molecule has 1 aliphatic rings. The normalized spacial score (nSPS) is 19.5. The van der Waals surface area contributed by atoms with Gasteiger partial charge >= 0.3 is 5.97 Å². The fourth-order valence-electron chi connectivity index (χ4n) is 3.73. The molecule has 1 fully saturated rings. The number of hydrogen-bond acceptors (Lipinski definition) is 2. The van der Waals surface area contributed by atoms with E-state index in [1.807, 2.05) is 0 Å². The summed E-state index contributed by atoms with van der Waals surface area (Å²) in [5.74, 6) is -3.19. The zero-order valence-electron chi connectivity index (χ0n) is 16.2. The lowest BCUT2D eigenvalue weighted by Gasteiger charge is -2.26. The molecule has 0 atom stereocenters. The highest BCUT2D eigenvalue weighted by Gasteiger charge is 2.20. The molecular formula is C23H25F3O2. The molecule has 0 saturated heterocycles. The van der Waals surface area contributed by atoms with Crippen molar-refractivity contribution in [1.29, 1.82) is 0 Å². The molecule has 0 unspecified atom stereocenters. The van der Waals surface area contributed by atoms with Crippen LogP contribution in [0.5, 0.6) is 5.75 Å². The average Bonchev–Trinajstić information content (AvgIpc) is 2.68. The van der Waals surface area contributed by atoms with E-state index < -0.39 is 29.2 Å². The number of hydrogen-bond donors (Lipinski definition) is 0. The molecule has 0 radical (unpaired) electrons. The summed E-state index contributed by atoms with van der Waals surface area (Å²) < 4.78 is 46.7. The SMILES string of the molecule is Cc1ccc(OC(=O)c2ccc(CCC3CCC(C)CC3)cc2F)c(F)c1F. The highest BCUT2D eigenvalue weighted by atomic mass is 19.2. The summed E-state index contributed by atoms with van der Waals surface area (Å²) in [6.45, 7) is 3.68. The van der Waals surface area contributed by atoms with E-state index in [9.17, 15) is 18.0 Å². The molecule has 0 heterocycles.